The second kappa shape index (κ2) is 10.4. The number of rotatable bonds is 6. The smallest absolute Gasteiger partial charge is 0.258 e. The highest BCUT2D eigenvalue weighted by molar-refractivity contribution is 7.64. The van der Waals surface area contributed by atoms with E-state index >= 15 is 0 Å². The first kappa shape index (κ1) is 25.4. The molecule has 33 heavy (non-hydrogen) atoms. The summed E-state index contributed by atoms with van der Waals surface area (Å²) in [4.78, 5) is 4.93. The zero-order valence-electron chi connectivity index (χ0n) is 20.3. The Hall–Kier alpha value is -2.19. The molecular weight excluding hydrogens is 438 g/mol. The zero-order chi connectivity index (χ0) is 24.3. The Bertz CT molecular complexity index is 1090. The van der Waals surface area contributed by atoms with Crippen molar-refractivity contribution >= 4 is 24.5 Å². The van der Waals surface area contributed by atoms with Crippen molar-refractivity contribution in [3.05, 3.63) is 82.1 Å². The predicted octanol–water partition coefficient (Wildman–Crippen LogP) is 8.25. The van der Waals surface area contributed by atoms with Crippen LogP contribution in [0.2, 0.25) is 0 Å². The fourth-order valence-corrected chi connectivity index (χ4v) is 5.69. The number of hydrogen-bond acceptors (Lipinski definition) is 1. The SMILES string of the molecule is CCP(C)c1ccc(CC(C)=NC2=C(C)CC(C)C(c3ccccc3C(F)(F)F)=C2C)cc1. The Morgan fingerprint density at radius 2 is 1.70 bits per heavy atom. The standard InChI is InChI=1S/C28H33F3NP/c1-7-33(6)23-14-12-22(13-15-23)17-20(4)32-27-19(3)16-18(2)26(21(27)5)24-10-8-9-11-25(24)28(29,30)31/h8-15,18H,7,16-17H2,1-6H3. The fraction of sp³-hybridized carbons (Fsp3) is 0.393. The lowest BCUT2D eigenvalue weighted by Crippen LogP contribution is -2.15. The topological polar surface area (TPSA) is 12.4 Å². The zero-order valence-corrected chi connectivity index (χ0v) is 21.2. The predicted molar refractivity (Wildman–Crippen MR) is 137 cm³/mol. The van der Waals surface area contributed by atoms with Crippen LogP contribution in [-0.2, 0) is 12.6 Å². The van der Waals surface area contributed by atoms with E-state index < -0.39 is 11.7 Å². The third kappa shape index (κ3) is 5.84. The summed E-state index contributed by atoms with van der Waals surface area (Å²) in [7, 11) is -0.0987. The van der Waals surface area contributed by atoms with Crippen LogP contribution in [0.4, 0.5) is 13.2 Å². The van der Waals surface area contributed by atoms with Gasteiger partial charge in [0.1, 0.15) is 0 Å². The molecule has 0 amide bonds. The van der Waals surface area contributed by atoms with E-state index in [1.807, 2.05) is 27.7 Å². The summed E-state index contributed by atoms with van der Waals surface area (Å²) < 4.78 is 41.2. The minimum absolute atomic E-state index is 0.00259. The largest absolute Gasteiger partial charge is 0.416 e. The molecule has 0 heterocycles. The van der Waals surface area contributed by atoms with Crippen molar-refractivity contribution in [2.75, 3.05) is 12.8 Å². The molecular formula is C28H33F3NP. The summed E-state index contributed by atoms with van der Waals surface area (Å²) in [6.45, 7) is 12.5. The minimum atomic E-state index is -4.39. The van der Waals surface area contributed by atoms with E-state index in [1.165, 1.54) is 29.2 Å². The van der Waals surface area contributed by atoms with Gasteiger partial charge in [0.15, 0.2) is 0 Å². The van der Waals surface area contributed by atoms with Crippen LogP contribution in [0.15, 0.2) is 70.4 Å². The summed E-state index contributed by atoms with van der Waals surface area (Å²) in [5, 5.41) is 1.40. The summed E-state index contributed by atoms with van der Waals surface area (Å²) in [6.07, 6.45) is -1.78. The van der Waals surface area contributed by atoms with Gasteiger partial charge >= 0.3 is 6.18 Å². The molecule has 0 aromatic heterocycles. The van der Waals surface area contributed by atoms with Gasteiger partial charge in [-0.15, -0.1) is 0 Å². The van der Waals surface area contributed by atoms with Crippen LogP contribution < -0.4 is 5.30 Å². The van der Waals surface area contributed by atoms with Crippen molar-refractivity contribution < 1.29 is 13.2 Å². The third-order valence-corrected chi connectivity index (χ3v) is 8.53. The molecule has 1 aliphatic carbocycles. The number of benzene rings is 2. The van der Waals surface area contributed by atoms with Gasteiger partial charge in [-0.3, -0.25) is 4.99 Å². The van der Waals surface area contributed by atoms with Crippen molar-refractivity contribution in [1.82, 2.24) is 0 Å². The molecule has 2 aromatic rings. The Kier molecular flexibility index (Phi) is 8.00. The molecule has 0 N–H and O–H groups in total. The summed E-state index contributed by atoms with van der Waals surface area (Å²) in [5.41, 5.74) is 5.41. The van der Waals surface area contributed by atoms with Crippen LogP contribution in [0.5, 0.6) is 0 Å². The monoisotopic (exact) mass is 471 g/mol. The van der Waals surface area contributed by atoms with Crippen LogP contribution in [0, 0.1) is 5.92 Å². The van der Waals surface area contributed by atoms with Gasteiger partial charge in [-0.1, -0.05) is 64.2 Å². The van der Waals surface area contributed by atoms with E-state index in [4.69, 9.17) is 4.99 Å². The fourth-order valence-electron chi connectivity index (χ4n) is 4.66. The molecule has 2 atom stereocenters. The minimum Gasteiger partial charge on any atom is -0.258 e. The molecule has 1 aliphatic rings. The number of halogens is 3. The van der Waals surface area contributed by atoms with Gasteiger partial charge in [0, 0.05) is 12.1 Å². The highest BCUT2D eigenvalue weighted by atomic mass is 31.1. The van der Waals surface area contributed by atoms with Crippen molar-refractivity contribution in [1.29, 1.82) is 0 Å². The lowest BCUT2D eigenvalue weighted by atomic mass is 9.78. The van der Waals surface area contributed by atoms with Gasteiger partial charge in [0.05, 0.1) is 11.3 Å². The van der Waals surface area contributed by atoms with E-state index in [9.17, 15) is 13.2 Å². The quantitative estimate of drug-likeness (QED) is 0.297. The lowest BCUT2D eigenvalue weighted by Gasteiger charge is -2.28. The molecule has 1 nitrogen and oxygen atoms in total. The van der Waals surface area contributed by atoms with Crippen molar-refractivity contribution in [3.8, 4) is 0 Å². The van der Waals surface area contributed by atoms with E-state index in [0.717, 1.165) is 34.5 Å². The number of nitrogens with zero attached hydrogens (tertiary/aromatic N) is 1. The first-order valence-electron chi connectivity index (χ1n) is 11.4. The molecule has 0 fully saturated rings. The molecule has 0 saturated heterocycles. The Morgan fingerprint density at radius 1 is 1.06 bits per heavy atom. The average molecular weight is 472 g/mol. The van der Waals surface area contributed by atoms with E-state index in [2.05, 4.69) is 37.9 Å². The van der Waals surface area contributed by atoms with Gasteiger partial charge < -0.3 is 0 Å². The van der Waals surface area contributed by atoms with Crippen LogP contribution >= 0.6 is 7.92 Å². The molecule has 176 valence electrons. The lowest BCUT2D eigenvalue weighted by molar-refractivity contribution is -0.137. The number of alkyl halides is 3. The summed E-state index contributed by atoms with van der Waals surface area (Å²) in [6, 6.07) is 14.7. The first-order chi connectivity index (χ1) is 15.5. The normalized spacial score (nSPS) is 18.7. The maximum absolute atomic E-state index is 13.7. The van der Waals surface area contributed by atoms with Gasteiger partial charge in [-0.25, -0.2) is 0 Å². The molecule has 0 radical (unpaired) electrons. The number of aliphatic imine (C=N–C) groups is 1. The number of allylic oxidation sites excluding steroid dienone is 3. The molecule has 0 saturated carbocycles. The Balaban J connectivity index is 1.95. The van der Waals surface area contributed by atoms with Crippen LogP contribution in [0.3, 0.4) is 0 Å². The maximum Gasteiger partial charge on any atom is 0.416 e. The molecule has 2 unspecified atom stereocenters. The molecule has 3 rings (SSSR count). The van der Waals surface area contributed by atoms with Crippen molar-refractivity contribution in [3.63, 3.8) is 0 Å². The van der Waals surface area contributed by atoms with Crippen molar-refractivity contribution in [2.45, 2.75) is 53.6 Å². The average Bonchev–Trinajstić information content (AvgIpc) is 2.76. The number of hydrogen-bond donors (Lipinski definition) is 0. The van der Waals surface area contributed by atoms with Crippen LogP contribution in [0.1, 0.15) is 57.7 Å². The summed E-state index contributed by atoms with van der Waals surface area (Å²) in [5.74, 6) is 0.00259. The van der Waals surface area contributed by atoms with E-state index in [-0.39, 0.29) is 19.4 Å². The van der Waals surface area contributed by atoms with Gasteiger partial charge in [-0.2, -0.15) is 13.2 Å². The summed E-state index contributed by atoms with van der Waals surface area (Å²) >= 11 is 0. The molecule has 5 heteroatoms. The third-order valence-electron chi connectivity index (χ3n) is 6.41. The van der Waals surface area contributed by atoms with Gasteiger partial charge in [0.2, 0.25) is 0 Å². The van der Waals surface area contributed by atoms with Gasteiger partial charge in [0.25, 0.3) is 0 Å². The van der Waals surface area contributed by atoms with E-state index in [1.54, 1.807) is 12.1 Å². The van der Waals surface area contributed by atoms with Crippen LogP contribution in [-0.4, -0.2) is 18.5 Å². The van der Waals surface area contributed by atoms with Gasteiger partial charge in [-0.05, 0) is 85.2 Å². The highest BCUT2D eigenvalue weighted by Gasteiger charge is 2.36. The molecule has 0 spiro atoms. The first-order valence-corrected chi connectivity index (χ1v) is 13.4. The Morgan fingerprint density at radius 3 is 2.30 bits per heavy atom. The molecule has 0 bridgehead atoms. The Labute approximate surface area is 197 Å². The molecule has 0 aliphatic heterocycles. The second-order valence-corrected chi connectivity index (χ2v) is 11.6. The molecule has 2 aromatic carbocycles. The van der Waals surface area contributed by atoms with Crippen molar-refractivity contribution in [2.24, 2.45) is 10.9 Å². The maximum atomic E-state index is 13.7. The van der Waals surface area contributed by atoms with E-state index in [0.29, 0.717) is 6.42 Å². The second-order valence-electron chi connectivity index (χ2n) is 9.02. The van der Waals surface area contributed by atoms with Crippen LogP contribution in [0.25, 0.3) is 5.57 Å². The highest BCUT2D eigenvalue weighted by Crippen LogP contribution is 2.44.